The number of alkyl halides is 3. The summed E-state index contributed by atoms with van der Waals surface area (Å²) in [5.74, 6) is 5.48. The third kappa shape index (κ3) is 6.44. The number of halogens is 3. The van der Waals surface area contributed by atoms with E-state index in [9.17, 15) is 13.2 Å². The Balaban J connectivity index is 2.45. The molecule has 120 valence electrons. The van der Waals surface area contributed by atoms with E-state index in [1.807, 2.05) is 0 Å². The predicted molar refractivity (Wildman–Crippen MR) is 77.3 cm³/mol. The molecule has 0 aliphatic carbocycles. The lowest BCUT2D eigenvalue weighted by Gasteiger charge is -2.16. The van der Waals surface area contributed by atoms with Gasteiger partial charge in [0.2, 0.25) is 0 Å². The topological polar surface area (TPSA) is 50.9 Å². The third-order valence-electron chi connectivity index (χ3n) is 3.52. The zero-order valence-corrected chi connectivity index (χ0v) is 12.4. The molecule has 0 saturated carbocycles. The van der Waals surface area contributed by atoms with Gasteiger partial charge in [0, 0.05) is 6.20 Å². The van der Waals surface area contributed by atoms with E-state index in [1.54, 1.807) is 0 Å². The summed E-state index contributed by atoms with van der Waals surface area (Å²) in [4.78, 5) is 3.88. The van der Waals surface area contributed by atoms with Crippen LogP contribution >= 0.6 is 0 Å². The van der Waals surface area contributed by atoms with E-state index in [-0.39, 0.29) is 6.04 Å². The lowest BCUT2D eigenvalue weighted by atomic mass is 10.0. The minimum Gasteiger partial charge on any atom is -0.271 e. The van der Waals surface area contributed by atoms with E-state index in [1.165, 1.54) is 31.7 Å². The fraction of sp³-hybridized carbons (Fsp3) is 0.667. The van der Waals surface area contributed by atoms with E-state index in [0.29, 0.717) is 5.69 Å². The summed E-state index contributed by atoms with van der Waals surface area (Å²) in [5.41, 5.74) is 2.45. The van der Waals surface area contributed by atoms with Crippen LogP contribution in [-0.2, 0) is 6.18 Å². The largest absolute Gasteiger partial charge is 0.417 e. The highest BCUT2D eigenvalue weighted by molar-refractivity contribution is 5.18. The fourth-order valence-electron chi connectivity index (χ4n) is 2.22. The third-order valence-corrected chi connectivity index (χ3v) is 3.52. The van der Waals surface area contributed by atoms with Crippen LogP contribution in [0.3, 0.4) is 0 Å². The molecule has 0 fully saturated rings. The monoisotopic (exact) mass is 303 g/mol. The van der Waals surface area contributed by atoms with E-state index < -0.39 is 11.7 Å². The van der Waals surface area contributed by atoms with Crippen LogP contribution in [0.4, 0.5) is 13.2 Å². The summed E-state index contributed by atoms with van der Waals surface area (Å²) in [6.07, 6.45) is 4.27. The number of nitrogens with one attached hydrogen (secondary N) is 1. The number of unbranched alkanes of at least 4 members (excludes halogenated alkanes) is 5. The van der Waals surface area contributed by atoms with E-state index >= 15 is 0 Å². The van der Waals surface area contributed by atoms with Crippen molar-refractivity contribution in [3.8, 4) is 0 Å². The molecule has 0 bridgehead atoms. The van der Waals surface area contributed by atoms with Crippen LogP contribution in [0.15, 0.2) is 18.3 Å². The quantitative estimate of drug-likeness (QED) is 0.405. The second kappa shape index (κ2) is 9.00. The predicted octanol–water partition coefficient (Wildman–Crippen LogP) is 4.36. The van der Waals surface area contributed by atoms with Crippen molar-refractivity contribution in [1.82, 2.24) is 10.4 Å². The maximum absolute atomic E-state index is 12.5. The van der Waals surface area contributed by atoms with Gasteiger partial charge in [-0.05, 0) is 18.6 Å². The number of nitrogens with zero attached hydrogens (tertiary/aromatic N) is 1. The molecule has 6 heteroatoms. The van der Waals surface area contributed by atoms with Crippen molar-refractivity contribution in [2.75, 3.05) is 0 Å². The van der Waals surface area contributed by atoms with Gasteiger partial charge in [0.05, 0.1) is 17.3 Å². The fourth-order valence-corrected chi connectivity index (χ4v) is 2.22. The van der Waals surface area contributed by atoms with Crippen LogP contribution in [0.1, 0.15) is 69.2 Å². The van der Waals surface area contributed by atoms with Crippen molar-refractivity contribution in [1.29, 1.82) is 0 Å². The summed E-state index contributed by atoms with van der Waals surface area (Å²) >= 11 is 0. The zero-order valence-electron chi connectivity index (χ0n) is 12.4. The highest BCUT2D eigenvalue weighted by Crippen LogP contribution is 2.29. The van der Waals surface area contributed by atoms with Gasteiger partial charge < -0.3 is 0 Å². The molecule has 0 amide bonds. The Bertz CT molecular complexity index is 390. The Hall–Kier alpha value is -1.14. The Morgan fingerprint density at radius 2 is 1.81 bits per heavy atom. The van der Waals surface area contributed by atoms with Gasteiger partial charge in [0.15, 0.2) is 0 Å². The standard InChI is InChI=1S/C15H24F3N3/c1-2-3-4-5-6-7-8-14(21-19)13-10-9-12(11-20-13)15(16,17)18/h9-11,14,21H,2-8,19H2,1H3. The number of rotatable bonds is 9. The van der Waals surface area contributed by atoms with Gasteiger partial charge >= 0.3 is 6.18 Å². The molecular weight excluding hydrogens is 279 g/mol. The Kier molecular flexibility index (Phi) is 7.67. The van der Waals surface area contributed by atoms with Crippen molar-refractivity contribution in [3.05, 3.63) is 29.6 Å². The molecule has 0 aliphatic rings. The molecule has 21 heavy (non-hydrogen) atoms. The first kappa shape index (κ1) is 17.9. The van der Waals surface area contributed by atoms with Crippen molar-refractivity contribution in [2.24, 2.45) is 5.84 Å². The molecule has 0 spiro atoms. The second-order valence-corrected chi connectivity index (χ2v) is 5.25. The van der Waals surface area contributed by atoms with E-state index in [2.05, 4.69) is 17.3 Å². The number of nitrogens with two attached hydrogens (primary N) is 1. The van der Waals surface area contributed by atoms with Gasteiger partial charge in [-0.15, -0.1) is 0 Å². The van der Waals surface area contributed by atoms with Crippen molar-refractivity contribution in [2.45, 2.75) is 64.1 Å². The number of hydrogen-bond donors (Lipinski definition) is 2. The molecule has 1 rings (SSSR count). The van der Waals surface area contributed by atoms with Crippen LogP contribution in [0.2, 0.25) is 0 Å². The second-order valence-electron chi connectivity index (χ2n) is 5.25. The van der Waals surface area contributed by atoms with Crippen molar-refractivity contribution in [3.63, 3.8) is 0 Å². The average molecular weight is 303 g/mol. The lowest BCUT2D eigenvalue weighted by Crippen LogP contribution is -2.28. The first-order chi connectivity index (χ1) is 9.99. The van der Waals surface area contributed by atoms with Crippen molar-refractivity contribution >= 4 is 0 Å². The molecule has 1 unspecified atom stereocenters. The zero-order chi connectivity index (χ0) is 15.7. The molecule has 3 nitrogen and oxygen atoms in total. The molecule has 0 aromatic carbocycles. The van der Waals surface area contributed by atoms with Gasteiger partial charge in [-0.3, -0.25) is 16.3 Å². The van der Waals surface area contributed by atoms with Gasteiger partial charge in [-0.1, -0.05) is 45.4 Å². The van der Waals surface area contributed by atoms with Crippen LogP contribution in [0, 0.1) is 0 Å². The summed E-state index contributed by atoms with van der Waals surface area (Å²) in [7, 11) is 0. The maximum Gasteiger partial charge on any atom is 0.417 e. The minimum absolute atomic E-state index is 0.196. The first-order valence-electron chi connectivity index (χ1n) is 7.48. The minimum atomic E-state index is -4.35. The molecule has 1 heterocycles. The molecule has 0 aliphatic heterocycles. The smallest absolute Gasteiger partial charge is 0.271 e. The molecular formula is C15H24F3N3. The normalized spacial score (nSPS) is 13.4. The van der Waals surface area contributed by atoms with Gasteiger partial charge in [-0.2, -0.15) is 13.2 Å². The van der Waals surface area contributed by atoms with Crippen LogP contribution < -0.4 is 11.3 Å². The summed E-state index contributed by atoms with van der Waals surface area (Å²) in [6, 6.07) is 2.25. The SMILES string of the molecule is CCCCCCCCC(NN)c1ccc(C(F)(F)F)cn1. The molecule has 0 saturated heterocycles. The molecule has 1 aromatic heterocycles. The highest BCUT2D eigenvalue weighted by atomic mass is 19.4. The molecule has 1 atom stereocenters. The summed E-state index contributed by atoms with van der Waals surface area (Å²) < 4.78 is 37.4. The Morgan fingerprint density at radius 3 is 2.33 bits per heavy atom. The van der Waals surface area contributed by atoms with Crippen LogP contribution in [0.25, 0.3) is 0 Å². The van der Waals surface area contributed by atoms with Gasteiger partial charge in [0.25, 0.3) is 0 Å². The van der Waals surface area contributed by atoms with Gasteiger partial charge in [-0.25, -0.2) is 0 Å². The lowest BCUT2D eigenvalue weighted by molar-refractivity contribution is -0.137. The van der Waals surface area contributed by atoms with Gasteiger partial charge in [0.1, 0.15) is 0 Å². The number of hydrogen-bond acceptors (Lipinski definition) is 3. The number of pyridine rings is 1. The van der Waals surface area contributed by atoms with E-state index in [0.717, 1.165) is 31.5 Å². The number of hydrazine groups is 1. The molecule has 0 radical (unpaired) electrons. The van der Waals surface area contributed by atoms with Crippen LogP contribution in [-0.4, -0.2) is 4.98 Å². The summed E-state index contributed by atoms with van der Waals surface area (Å²) in [6.45, 7) is 2.17. The van der Waals surface area contributed by atoms with Crippen LogP contribution in [0.5, 0.6) is 0 Å². The maximum atomic E-state index is 12.5. The summed E-state index contributed by atoms with van der Waals surface area (Å²) in [5, 5.41) is 0. The Morgan fingerprint density at radius 1 is 1.14 bits per heavy atom. The first-order valence-corrected chi connectivity index (χ1v) is 7.48. The molecule has 1 aromatic rings. The average Bonchev–Trinajstić information content (AvgIpc) is 2.46. The van der Waals surface area contributed by atoms with E-state index in [4.69, 9.17) is 5.84 Å². The highest BCUT2D eigenvalue weighted by Gasteiger charge is 2.30. The Labute approximate surface area is 124 Å². The molecule has 3 N–H and O–H groups in total. The van der Waals surface area contributed by atoms with Crippen molar-refractivity contribution < 1.29 is 13.2 Å². The number of aromatic nitrogens is 1.